The van der Waals surface area contributed by atoms with Gasteiger partial charge in [0.2, 0.25) is 15.9 Å². The fraction of sp³-hybridized carbons (Fsp3) is 0.875. The molecule has 0 aliphatic rings. The number of likely N-dealkylation sites (N-methyl/N-ethyl adjacent to an activating group) is 1. The number of methoxy groups -OCH3 is 1. The number of hydrogen-bond acceptors (Lipinski definition) is 4. The highest BCUT2D eigenvalue weighted by atomic mass is 35.5. The molecule has 1 amide bonds. The van der Waals surface area contributed by atoms with E-state index >= 15 is 0 Å². The first-order valence-electron chi connectivity index (χ1n) is 4.58. The van der Waals surface area contributed by atoms with Crippen molar-refractivity contribution in [1.29, 1.82) is 0 Å². The Morgan fingerprint density at radius 2 is 1.94 bits per heavy atom. The summed E-state index contributed by atoms with van der Waals surface area (Å²) in [5.74, 6) is -0.301. The van der Waals surface area contributed by atoms with Gasteiger partial charge in [0.1, 0.15) is 5.21 Å². The molecule has 96 valence electrons. The van der Waals surface area contributed by atoms with Crippen molar-refractivity contribution in [3.8, 4) is 0 Å². The first-order valence-corrected chi connectivity index (χ1v) is 6.72. The van der Waals surface area contributed by atoms with Crippen LogP contribution in [0.2, 0.25) is 0 Å². The standard InChI is InChI=1S/C8H17ClN2O4S/c1-10(2)8(12)6-11(4-5-15-3)16(13,14)7-9/h4-7H2,1-3H3. The Kier molecular flexibility index (Phi) is 6.89. The normalized spacial score (nSPS) is 11.8. The van der Waals surface area contributed by atoms with Crippen LogP contribution in [0.25, 0.3) is 0 Å². The number of carbonyl (C=O) groups excluding carboxylic acids is 1. The molecule has 0 saturated carbocycles. The zero-order valence-electron chi connectivity index (χ0n) is 9.64. The Labute approximate surface area is 101 Å². The number of amides is 1. The lowest BCUT2D eigenvalue weighted by Crippen LogP contribution is -2.42. The molecule has 8 heteroatoms. The average molecular weight is 273 g/mol. The highest BCUT2D eigenvalue weighted by Gasteiger charge is 2.23. The molecule has 6 nitrogen and oxygen atoms in total. The van der Waals surface area contributed by atoms with Gasteiger partial charge < -0.3 is 9.64 Å². The van der Waals surface area contributed by atoms with Crippen molar-refractivity contribution in [2.24, 2.45) is 0 Å². The zero-order valence-corrected chi connectivity index (χ0v) is 11.2. The summed E-state index contributed by atoms with van der Waals surface area (Å²) in [6, 6.07) is 0. The molecule has 0 aromatic carbocycles. The SMILES string of the molecule is COCCN(CC(=O)N(C)C)S(=O)(=O)CCl. The van der Waals surface area contributed by atoms with Gasteiger partial charge in [0, 0.05) is 27.7 Å². The highest BCUT2D eigenvalue weighted by Crippen LogP contribution is 2.04. The van der Waals surface area contributed by atoms with Gasteiger partial charge in [0.05, 0.1) is 13.2 Å². The molecule has 0 rings (SSSR count). The molecular formula is C8H17ClN2O4S. The van der Waals surface area contributed by atoms with E-state index in [1.54, 1.807) is 14.1 Å². The van der Waals surface area contributed by atoms with Gasteiger partial charge in [0.25, 0.3) is 0 Å². The minimum absolute atomic E-state index is 0.116. The van der Waals surface area contributed by atoms with Gasteiger partial charge in [-0.2, -0.15) is 4.31 Å². The van der Waals surface area contributed by atoms with Gasteiger partial charge in [-0.1, -0.05) is 0 Å². The van der Waals surface area contributed by atoms with Crippen LogP contribution in [0.4, 0.5) is 0 Å². The largest absolute Gasteiger partial charge is 0.383 e. The summed E-state index contributed by atoms with van der Waals surface area (Å²) in [6.45, 7) is 0.118. The predicted molar refractivity (Wildman–Crippen MR) is 61.8 cm³/mol. The van der Waals surface area contributed by atoms with Gasteiger partial charge in [-0.05, 0) is 0 Å². The number of halogens is 1. The van der Waals surface area contributed by atoms with E-state index in [0.29, 0.717) is 0 Å². The Balaban J connectivity index is 4.62. The summed E-state index contributed by atoms with van der Waals surface area (Å²) >= 11 is 5.33. The maximum atomic E-state index is 11.5. The second kappa shape index (κ2) is 7.05. The molecule has 0 radical (unpaired) electrons. The number of alkyl halides is 1. The van der Waals surface area contributed by atoms with E-state index in [-0.39, 0.29) is 25.6 Å². The molecule has 0 aromatic rings. The van der Waals surface area contributed by atoms with Crippen LogP contribution in [0, 0.1) is 0 Å². The smallest absolute Gasteiger partial charge is 0.237 e. The predicted octanol–water partition coefficient (Wildman–Crippen LogP) is -0.451. The monoisotopic (exact) mass is 272 g/mol. The first kappa shape index (κ1) is 15.6. The molecule has 0 atom stereocenters. The minimum Gasteiger partial charge on any atom is -0.383 e. The minimum atomic E-state index is -3.59. The van der Waals surface area contributed by atoms with Crippen molar-refractivity contribution < 1.29 is 17.9 Å². The molecule has 16 heavy (non-hydrogen) atoms. The maximum absolute atomic E-state index is 11.5. The molecule has 0 spiro atoms. The summed E-state index contributed by atoms with van der Waals surface area (Å²) < 4.78 is 28.9. The van der Waals surface area contributed by atoms with E-state index < -0.39 is 15.2 Å². The molecule has 0 heterocycles. The van der Waals surface area contributed by atoms with Crippen molar-refractivity contribution >= 4 is 27.5 Å². The molecule has 0 fully saturated rings. The summed E-state index contributed by atoms with van der Waals surface area (Å²) in [4.78, 5) is 12.7. The molecule has 0 N–H and O–H groups in total. The Morgan fingerprint density at radius 3 is 2.31 bits per heavy atom. The molecule has 0 unspecified atom stereocenters. The highest BCUT2D eigenvalue weighted by molar-refractivity contribution is 7.90. The van der Waals surface area contributed by atoms with Crippen LogP contribution in [0.1, 0.15) is 0 Å². The fourth-order valence-corrected chi connectivity index (χ4v) is 2.08. The van der Waals surface area contributed by atoms with Crippen molar-refractivity contribution in [2.75, 3.05) is 46.1 Å². The van der Waals surface area contributed by atoms with Crippen molar-refractivity contribution in [2.45, 2.75) is 0 Å². The Bertz CT molecular complexity index is 318. The third-order valence-electron chi connectivity index (χ3n) is 1.89. The third-order valence-corrected chi connectivity index (χ3v) is 4.09. The van der Waals surface area contributed by atoms with Crippen LogP contribution in [0.3, 0.4) is 0 Å². The van der Waals surface area contributed by atoms with Gasteiger partial charge >= 0.3 is 0 Å². The molecule has 0 saturated heterocycles. The van der Waals surface area contributed by atoms with Crippen LogP contribution in [0.15, 0.2) is 0 Å². The maximum Gasteiger partial charge on any atom is 0.237 e. The zero-order chi connectivity index (χ0) is 12.8. The number of nitrogens with zero attached hydrogens (tertiary/aromatic N) is 2. The van der Waals surface area contributed by atoms with Gasteiger partial charge in [-0.3, -0.25) is 4.79 Å². The fourth-order valence-electron chi connectivity index (χ4n) is 0.871. The number of rotatable bonds is 7. The Hall–Kier alpha value is -0.370. The lowest BCUT2D eigenvalue weighted by Gasteiger charge is -2.21. The van der Waals surface area contributed by atoms with E-state index in [4.69, 9.17) is 16.3 Å². The van der Waals surface area contributed by atoms with Crippen LogP contribution < -0.4 is 0 Å². The van der Waals surface area contributed by atoms with Crippen LogP contribution in [-0.4, -0.2) is 69.6 Å². The quantitative estimate of drug-likeness (QED) is 0.589. The van der Waals surface area contributed by atoms with Crippen LogP contribution in [-0.2, 0) is 19.6 Å². The second-order valence-electron chi connectivity index (χ2n) is 3.34. The third kappa shape index (κ3) is 5.11. The topological polar surface area (TPSA) is 66.9 Å². The van der Waals surface area contributed by atoms with Crippen molar-refractivity contribution in [3.63, 3.8) is 0 Å². The van der Waals surface area contributed by atoms with Crippen molar-refractivity contribution in [3.05, 3.63) is 0 Å². The summed E-state index contributed by atoms with van der Waals surface area (Å²) in [7, 11) is 0.987. The average Bonchev–Trinajstić information content (AvgIpc) is 2.23. The molecular weight excluding hydrogens is 256 g/mol. The second-order valence-corrected chi connectivity index (χ2v) is 5.89. The van der Waals surface area contributed by atoms with E-state index in [1.807, 2.05) is 0 Å². The number of ether oxygens (including phenoxy) is 1. The van der Waals surface area contributed by atoms with Crippen LogP contribution in [0.5, 0.6) is 0 Å². The lowest BCUT2D eigenvalue weighted by molar-refractivity contribution is -0.128. The summed E-state index contributed by atoms with van der Waals surface area (Å²) in [5, 5.41) is -0.544. The summed E-state index contributed by atoms with van der Waals surface area (Å²) in [6.07, 6.45) is 0. The molecule has 0 aliphatic heterocycles. The Morgan fingerprint density at radius 1 is 1.38 bits per heavy atom. The van der Waals surface area contributed by atoms with E-state index in [2.05, 4.69) is 0 Å². The van der Waals surface area contributed by atoms with Crippen LogP contribution >= 0.6 is 11.6 Å². The van der Waals surface area contributed by atoms with E-state index in [9.17, 15) is 13.2 Å². The van der Waals surface area contributed by atoms with E-state index in [1.165, 1.54) is 12.0 Å². The number of sulfonamides is 1. The molecule has 0 aromatic heterocycles. The van der Waals surface area contributed by atoms with Gasteiger partial charge in [-0.25, -0.2) is 8.42 Å². The lowest BCUT2D eigenvalue weighted by atomic mass is 10.5. The summed E-state index contributed by atoms with van der Waals surface area (Å²) in [5.41, 5.74) is 0. The van der Waals surface area contributed by atoms with Gasteiger partial charge in [-0.15, -0.1) is 11.6 Å². The van der Waals surface area contributed by atoms with Crippen molar-refractivity contribution in [1.82, 2.24) is 9.21 Å². The number of hydrogen-bond donors (Lipinski definition) is 0. The molecule has 0 aliphatic carbocycles. The molecule has 0 bridgehead atoms. The van der Waals surface area contributed by atoms with E-state index in [0.717, 1.165) is 4.31 Å². The first-order chi connectivity index (χ1) is 7.35. The van der Waals surface area contributed by atoms with Gasteiger partial charge in [0.15, 0.2) is 0 Å². The number of carbonyl (C=O) groups is 1.